The predicted octanol–water partition coefficient (Wildman–Crippen LogP) is 9.25. The molecule has 0 atom stereocenters. The molecule has 0 saturated carbocycles. The summed E-state index contributed by atoms with van der Waals surface area (Å²) >= 11 is 0. The number of aromatic nitrogens is 7. The highest BCUT2D eigenvalue weighted by Crippen LogP contribution is 2.37. The minimum Gasteiger partial charge on any atom is -0.256 e. The molecule has 9 aromatic rings. The smallest absolute Gasteiger partial charge is 0.164 e. The van der Waals surface area contributed by atoms with Gasteiger partial charge in [-0.25, -0.2) is 29.9 Å². The van der Waals surface area contributed by atoms with E-state index in [0.717, 1.165) is 60.4 Å². The van der Waals surface area contributed by atoms with Gasteiger partial charge in [0.2, 0.25) is 0 Å². The molecule has 48 heavy (non-hydrogen) atoms. The summed E-state index contributed by atoms with van der Waals surface area (Å²) in [7, 11) is 0. The number of hydrogen-bond acceptors (Lipinski definition) is 7. The molecule has 7 nitrogen and oxygen atoms in total. The highest BCUT2D eigenvalue weighted by Gasteiger charge is 2.18. The van der Waals surface area contributed by atoms with Crippen LogP contribution in [0.15, 0.2) is 152 Å². The molecule has 0 aliphatic rings. The maximum Gasteiger partial charge on any atom is 0.164 e. The topological polar surface area (TPSA) is 90.2 Å². The molecule has 6 aromatic carbocycles. The van der Waals surface area contributed by atoms with Crippen molar-refractivity contribution in [3.8, 4) is 56.7 Å². The van der Waals surface area contributed by atoms with Crippen LogP contribution in [-0.4, -0.2) is 34.9 Å². The summed E-state index contributed by atoms with van der Waals surface area (Å²) < 4.78 is 0. The second-order valence-corrected chi connectivity index (χ2v) is 11.5. The number of benzene rings is 6. The van der Waals surface area contributed by atoms with Crippen molar-refractivity contribution in [3.05, 3.63) is 152 Å². The highest BCUT2D eigenvalue weighted by molar-refractivity contribution is 5.98. The Morgan fingerprint density at radius 2 is 0.833 bits per heavy atom. The van der Waals surface area contributed by atoms with E-state index in [9.17, 15) is 0 Å². The van der Waals surface area contributed by atoms with Gasteiger partial charge in [0.25, 0.3) is 0 Å². The molecule has 0 radical (unpaired) electrons. The number of nitrogens with zero attached hydrogens (tertiary/aromatic N) is 7. The van der Waals surface area contributed by atoms with Gasteiger partial charge in [-0.1, -0.05) is 109 Å². The largest absolute Gasteiger partial charge is 0.256 e. The molecule has 0 fully saturated rings. The minimum atomic E-state index is 0.543. The van der Waals surface area contributed by atoms with E-state index >= 15 is 0 Å². The van der Waals surface area contributed by atoms with Crippen LogP contribution in [0.2, 0.25) is 0 Å². The fraction of sp³-hybridized carbons (Fsp3) is 0. The highest BCUT2D eigenvalue weighted by atomic mass is 15.0. The average molecular weight is 616 g/mol. The monoisotopic (exact) mass is 615 g/mol. The lowest BCUT2D eigenvalue weighted by Crippen LogP contribution is -1.99. The number of pyridine rings is 1. The van der Waals surface area contributed by atoms with Crippen molar-refractivity contribution >= 4 is 32.4 Å². The van der Waals surface area contributed by atoms with Gasteiger partial charge in [0.05, 0.1) is 5.52 Å². The van der Waals surface area contributed by atoms with Gasteiger partial charge in [-0.15, -0.1) is 0 Å². The summed E-state index contributed by atoms with van der Waals surface area (Å²) in [5, 5.41) is 5.63. The molecular formula is C41H25N7. The first kappa shape index (κ1) is 27.6. The van der Waals surface area contributed by atoms with Crippen molar-refractivity contribution in [1.82, 2.24) is 34.9 Å². The van der Waals surface area contributed by atoms with Crippen LogP contribution in [-0.2, 0) is 0 Å². The molecule has 7 heteroatoms. The summed E-state index contributed by atoms with van der Waals surface area (Å²) in [5.41, 5.74) is 6.31. The maximum atomic E-state index is 5.02. The Balaban J connectivity index is 1.20. The third-order valence-electron chi connectivity index (χ3n) is 8.60. The molecule has 0 amide bonds. The van der Waals surface area contributed by atoms with Gasteiger partial charge in [-0.2, -0.15) is 0 Å². The van der Waals surface area contributed by atoms with Gasteiger partial charge in [0.1, 0.15) is 12.7 Å². The number of para-hydroxylation sites is 1. The van der Waals surface area contributed by atoms with Crippen molar-refractivity contribution in [1.29, 1.82) is 0 Å². The van der Waals surface area contributed by atoms with Gasteiger partial charge >= 0.3 is 0 Å². The van der Waals surface area contributed by atoms with Crippen LogP contribution < -0.4 is 0 Å². The molecule has 0 N–H and O–H groups in total. The molecule has 3 heterocycles. The van der Waals surface area contributed by atoms with E-state index in [-0.39, 0.29) is 0 Å². The van der Waals surface area contributed by atoms with E-state index in [0.29, 0.717) is 23.3 Å². The Bertz CT molecular complexity index is 2650. The first-order valence-electron chi connectivity index (χ1n) is 15.6. The lowest BCUT2D eigenvalue weighted by molar-refractivity contribution is 1.06. The SMILES string of the molecule is c1ccc2cc(-c3ncnc(-c4ccc(-c5cccc6cccnc56)c(-c5ncnc(-c6ccc7ccccc7c6)n5)c4)n3)ccc2c1. The predicted molar refractivity (Wildman–Crippen MR) is 191 cm³/mol. The van der Waals surface area contributed by atoms with Gasteiger partial charge in [0.15, 0.2) is 23.3 Å². The van der Waals surface area contributed by atoms with Gasteiger partial charge in [-0.3, -0.25) is 4.98 Å². The second kappa shape index (κ2) is 11.6. The third-order valence-corrected chi connectivity index (χ3v) is 8.60. The fourth-order valence-corrected chi connectivity index (χ4v) is 6.22. The van der Waals surface area contributed by atoms with Crippen molar-refractivity contribution in [3.63, 3.8) is 0 Å². The van der Waals surface area contributed by atoms with Crippen LogP contribution in [0, 0.1) is 0 Å². The van der Waals surface area contributed by atoms with Crippen LogP contribution in [0.3, 0.4) is 0 Å². The van der Waals surface area contributed by atoms with Crippen molar-refractivity contribution in [2.75, 3.05) is 0 Å². The molecule has 224 valence electrons. The van der Waals surface area contributed by atoms with Crippen LogP contribution >= 0.6 is 0 Å². The summed E-state index contributed by atoms with van der Waals surface area (Å²) in [6.45, 7) is 0. The Hall–Kier alpha value is -6.73. The number of fused-ring (bicyclic) bond motifs is 3. The van der Waals surface area contributed by atoms with Crippen LogP contribution in [0.25, 0.3) is 89.1 Å². The standard InChI is InChI=1S/C41H25N7/c1-3-9-29-21-31(16-14-26(29)7-1)38-43-24-44-40(47-38)33-18-19-34(35-13-5-11-28-12-6-20-42-37(28)35)36(23-33)41-46-25-45-39(48-41)32-17-15-27-8-2-4-10-30(27)22-32/h1-25H. The van der Waals surface area contributed by atoms with Crippen LogP contribution in [0.4, 0.5) is 0 Å². The lowest BCUT2D eigenvalue weighted by Gasteiger charge is -2.14. The maximum absolute atomic E-state index is 5.02. The summed E-state index contributed by atoms with van der Waals surface area (Å²) in [4.78, 5) is 33.1. The van der Waals surface area contributed by atoms with E-state index in [2.05, 4.69) is 93.8 Å². The quantitative estimate of drug-likeness (QED) is 0.191. The van der Waals surface area contributed by atoms with Gasteiger partial charge in [0, 0.05) is 39.4 Å². The molecule has 9 rings (SSSR count). The number of rotatable bonds is 5. The molecule has 0 unspecified atom stereocenters. The van der Waals surface area contributed by atoms with Crippen molar-refractivity contribution in [2.24, 2.45) is 0 Å². The fourth-order valence-electron chi connectivity index (χ4n) is 6.22. The second-order valence-electron chi connectivity index (χ2n) is 11.5. The van der Waals surface area contributed by atoms with Gasteiger partial charge < -0.3 is 0 Å². The van der Waals surface area contributed by atoms with Crippen molar-refractivity contribution in [2.45, 2.75) is 0 Å². The van der Waals surface area contributed by atoms with Crippen LogP contribution in [0.5, 0.6) is 0 Å². The zero-order valence-electron chi connectivity index (χ0n) is 25.6. The normalized spacial score (nSPS) is 11.3. The van der Waals surface area contributed by atoms with E-state index in [1.54, 1.807) is 12.7 Å². The Labute approximate surface area is 275 Å². The lowest BCUT2D eigenvalue weighted by atomic mass is 9.94. The van der Waals surface area contributed by atoms with Gasteiger partial charge in [-0.05, 0) is 51.4 Å². The first-order chi connectivity index (χ1) is 23.8. The summed E-state index contributed by atoms with van der Waals surface area (Å²) in [6.07, 6.45) is 4.96. The molecule has 0 aliphatic heterocycles. The Kier molecular flexibility index (Phi) is 6.64. The van der Waals surface area contributed by atoms with E-state index in [1.165, 1.54) is 5.39 Å². The molecule has 0 aliphatic carbocycles. The molecule has 0 saturated heterocycles. The average Bonchev–Trinajstić information content (AvgIpc) is 3.17. The zero-order valence-corrected chi connectivity index (χ0v) is 25.6. The zero-order chi connectivity index (χ0) is 31.9. The summed E-state index contributed by atoms with van der Waals surface area (Å²) in [5.74, 6) is 2.30. The number of hydrogen-bond donors (Lipinski definition) is 0. The van der Waals surface area contributed by atoms with E-state index < -0.39 is 0 Å². The molecule has 0 spiro atoms. The molecular weight excluding hydrogens is 591 g/mol. The molecule has 0 bridgehead atoms. The Morgan fingerprint density at radius 3 is 1.50 bits per heavy atom. The van der Waals surface area contributed by atoms with Crippen molar-refractivity contribution < 1.29 is 0 Å². The van der Waals surface area contributed by atoms with E-state index in [1.807, 2.05) is 60.8 Å². The first-order valence-corrected chi connectivity index (χ1v) is 15.6. The summed E-state index contributed by atoms with van der Waals surface area (Å²) in [6, 6.07) is 45.4. The van der Waals surface area contributed by atoms with Crippen LogP contribution in [0.1, 0.15) is 0 Å². The van der Waals surface area contributed by atoms with E-state index in [4.69, 9.17) is 19.9 Å². The minimum absolute atomic E-state index is 0.543. The third kappa shape index (κ3) is 5.00. The Morgan fingerprint density at radius 1 is 0.312 bits per heavy atom. The molecule has 3 aromatic heterocycles.